The Balaban J connectivity index is 4.55. The van der Waals surface area contributed by atoms with Gasteiger partial charge in [-0.15, -0.1) is 0 Å². The van der Waals surface area contributed by atoms with E-state index < -0.39 is 9.71 Å². The van der Waals surface area contributed by atoms with E-state index in [1.165, 1.54) is 0 Å². The van der Waals surface area contributed by atoms with Crippen molar-refractivity contribution in [3.63, 3.8) is 0 Å². The van der Waals surface area contributed by atoms with Crippen LogP contribution in [0.4, 0.5) is 0 Å². The van der Waals surface area contributed by atoms with Gasteiger partial charge in [-0.25, -0.2) is 4.21 Å². The van der Waals surface area contributed by atoms with Crippen LogP contribution in [0.25, 0.3) is 0 Å². The first-order chi connectivity index (χ1) is 5.93. The minimum absolute atomic E-state index is 0.354. The zero-order chi connectivity index (χ0) is 10.5. The summed E-state index contributed by atoms with van der Waals surface area (Å²) in [5, 5.41) is 5.37. The highest BCUT2D eigenvalue weighted by Gasteiger charge is 2.09. The second kappa shape index (κ2) is 5.09. The molecule has 0 aromatic heterocycles. The molecular weight excluding hydrogens is 186 g/mol. The van der Waals surface area contributed by atoms with Crippen LogP contribution in [0.3, 0.4) is 0 Å². The van der Waals surface area contributed by atoms with Gasteiger partial charge in [-0.05, 0) is 19.2 Å². The Labute approximate surface area is 80.4 Å². The van der Waals surface area contributed by atoms with Gasteiger partial charge in [0.2, 0.25) is 0 Å². The fraction of sp³-hybridized carbons (Fsp3) is 0.444. The third-order valence-corrected chi connectivity index (χ3v) is 2.60. The average Bonchev–Trinajstić information content (AvgIpc) is 1.99. The first kappa shape index (κ1) is 12.3. The lowest BCUT2D eigenvalue weighted by Gasteiger charge is -2.12. The lowest BCUT2D eigenvalue weighted by atomic mass is 10.4. The molecule has 0 spiro atoms. The second-order valence-corrected chi connectivity index (χ2v) is 4.54. The zero-order valence-corrected chi connectivity index (χ0v) is 9.02. The molecule has 4 heteroatoms. The van der Waals surface area contributed by atoms with Gasteiger partial charge in [0.05, 0.1) is 21.2 Å². The van der Waals surface area contributed by atoms with Crippen LogP contribution < -0.4 is 5.14 Å². The van der Waals surface area contributed by atoms with Crippen molar-refractivity contribution in [1.29, 1.82) is 0 Å². The Morgan fingerprint density at radius 2 is 2.23 bits per heavy atom. The minimum Gasteiger partial charge on any atom is -0.493 e. The summed E-state index contributed by atoms with van der Waals surface area (Å²) in [5.41, 5.74) is 0. The summed E-state index contributed by atoms with van der Waals surface area (Å²) in [4.78, 5) is 0.390. The van der Waals surface area contributed by atoms with E-state index in [1.807, 2.05) is 6.92 Å². The van der Waals surface area contributed by atoms with Crippen molar-refractivity contribution in [2.45, 2.75) is 20.3 Å². The van der Waals surface area contributed by atoms with Crippen LogP contribution in [0.5, 0.6) is 0 Å². The Hall–Kier alpha value is -0.740. The summed E-state index contributed by atoms with van der Waals surface area (Å²) < 4.78 is 16.6. The molecule has 2 N–H and O–H groups in total. The van der Waals surface area contributed by atoms with Crippen molar-refractivity contribution in [3.05, 3.63) is 23.3 Å². The van der Waals surface area contributed by atoms with Crippen molar-refractivity contribution in [2.24, 2.45) is 5.14 Å². The summed E-state index contributed by atoms with van der Waals surface area (Å²) in [6.45, 7) is 7.90. The van der Waals surface area contributed by atoms with E-state index in [4.69, 9.17) is 9.88 Å². The van der Waals surface area contributed by atoms with E-state index in [2.05, 4.69) is 12.4 Å². The van der Waals surface area contributed by atoms with E-state index in [-0.39, 0.29) is 0 Å². The average molecular weight is 203 g/mol. The quantitative estimate of drug-likeness (QED) is 0.417. The molecule has 76 valence electrons. The Kier molecular flexibility index (Phi) is 4.80. The summed E-state index contributed by atoms with van der Waals surface area (Å²) >= 11 is 0. The summed E-state index contributed by atoms with van der Waals surface area (Å²) in [7, 11) is -2.71. The summed E-state index contributed by atoms with van der Waals surface area (Å²) in [6, 6.07) is 0. The minimum atomic E-state index is -2.71. The van der Waals surface area contributed by atoms with Gasteiger partial charge in [0.15, 0.2) is 0 Å². The molecule has 3 nitrogen and oxygen atoms in total. The van der Waals surface area contributed by atoms with Crippen molar-refractivity contribution in [3.8, 4) is 0 Å². The fourth-order valence-corrected chi connectivity index (χ4v) is 1.69. The number of rotatable bonds is 5. The van der Waals surface area contributed by atoms with E-state index in [0.717, 1.165) is 6.42 Å². The van der Waals surface area contributed by atoms with Gasteiger partial charge in [0.25, 0.3) is 0 Å². The first-order valence-electron chi connectivity index (χ1n) is 4.06. The van der Waals surface area contributed by atoms with Crippen LogP contribution in [0.1, 0.15) is 20.3 Å². The van der Waals surface area contributed by atoms with E-state index >= 15 is 0 Å². The summed E-state index contributed by atoms with van der Waals surface area (Å²) in [6.07, 6.45) is 2.49. The molecule has 0 radical (unpaired) electrons. The molecule has 0 amide bonds. The van der Waals surface area contributed by atoms with Crippen LogP contribution in [-0.4, -0.2) is 16.7 Å². The van der Waals surface area contributed by atoms with Crippen molar-refractivity contribution in [1.82, 2.24) is 0 Å². The highest BCUT2D eigenvalue weighted by molar-refractivity contribution is 8.02. The number of ether oxygens (including phenoxy) is 1. The van der Waals surface area contributed by atoms with Gasteiger partial charge >= 0.3 is 0 Å². The third kappa shape index (κ3) is 4.15. The van der Waals surface area contributed by atoms with Crippen molar-refractivity contribution >= 4 is 15.6 Å². The number of hydrogen-bond donors (Lipinski definition) is 1. The monoisotopic (exact) mass is 203 g/mol. The third-order valence-electron chi connectivity index (χ3n) is 1.39. The molecule has 0 aromatic carbocycles. The summed E-state index contributed by atoms with van der Waals surface area (Å²) in [5.74, 6) is 3.72. The van der Waals surface area contributed by atoms with Gasteiger partial charge in [-0.3, -0.25) is 5.14 Å². The fourth-order valence-electron chi connectivity index (χ4n) is 0.850. The predicted molar refractivity (Wildman–Crippen MR) is 58.6 cm³/mol. The topological polar surface area (TPSA) is 52.3 Å². The van der Waals surface area contributed by atoms with Gasteiger partial charge < -0.3 is 4.74 Å². The maximum atomic E-state index is 11.4. The molecule has 0 saturated heterocycles. The normalized spacial score (nSPS) is 16.4. The van der Waals surface area contributed by atoms with Gasteiger partial charge in [-0.2, -0.15) is 0 Å². The molecule has 0 fully saturated rings. The molecule has 0 aliphatic heterocycles. The largest absolute Gasteiger partial charge is 0.493 e. The van der Waals surface area contributed by atoms with Gasteiger partial charge in [-0.1, -0.05) is 19.6 Å². The standard InChI is InChI=1S/C9H17NO2S/c1-5-7-12-8(3)9(6-2)13(4,10)11/h6H,3-5,7H2,1-2H3,(H2,10,11). The molecule has 0 aromatic rings. The maximum Gasteiger partial charge on any atom is 0.128 e. The van der Waals surface area contributed by atoms with Gasteiger partial charge in [0, 0.05) is 0 Å². The van der Waals surface area contributed by atoms with Crippen LogP contribution >= 0.6 is 0 Å². The highest BCUT2D eigenvalue weighted by Crippen LogP contribution is 2.13. The molecule has 0 aliphatic rings. The molecule has 0 rings (SSSR count). The van der Waals surface area contributed by atoms with Crippen molar-refractivity contribution in [2.75, 3.05) is 6.61 Å². The Bertz CT molecular complexity index is 302. The molecule has 0 bridgehead atoms. The molecule has 0 saturated carbocycles. The smallest absolute Gasteiger partial charge is 0.128 e. The predicted octanol–water partition coefficient (Wildman–Crippen LogP) is 1.42. The molecule has 0 aliphatic carbocycles. The Morgan fingerprint density at radius 1 is 1.69 bits per heavy atom. The molecule has 13 heavy (non-hydrogen) atoms. The molecule has 0 heterocycles. The van der Waals surface area contributed by atoms with Crippen LogP contribution in [0.2, 0.25) is 0 Å². The number of nitrogens with two attached hydrogens (primary N) is 1. The second-order valence-electron chi connectivity index (χ2n) is 2.65. The number of hydrogen-bond acceptors (Lipinski definition) is 2. The zero-order valence-electron chi connectivity index (χ0n) is 8.21. The van der Waals surface area contributed by atoms with Gasteiger partial charge in [0.1, 0.15) is 5.76 Å². The van der Waals surface area contributed by atoms with Crippen LogP contribution in [0, 0.1) is 0 Å². The lowest BCUT2D eigenvalue weighted by Crippen LogP contribution is -2.16. The van der Waals surface area contributed by atoms with Crippen LogP contribution in [0.15, 0.2) is 23.3 Å². The van der Waals surface area contributed by atoms with E-state index in [0.29, 0.717) is 17.3 Å². The molecule has 1 atom stereocenters. The number of allylic oxidation sites excluding steroid dienone is 1. The van der Waals surface area contributed by atoms with E-state index in [1.54, 1.807) is 13.0 Å². The van der Waals surface area contributed by atoms with Crippen LogP contribution in [-0.2, 0) is 14.4 Å². The maximum absolute atomic E-state index is 11.4. The molecular formula is C9H17NO2S. The van der Waals surface area contributed by atoms with Crippen molar-refractivity contribution < 1.29 is 8.95 Å². The SMILES string of the molecule is C=C(OCCC)C(=CC)S(=C)(N)=O. The molecule has 1 unspecified atom stereocenters. The highest BCUT2D eigenvalue weighted by atomic mass is 32.2. The first-order valence-corrected chi connectivity index (χ1v) is 5.85. The van der Waals surface area contributed by atoms with E-state index in [9.17, 15) is 4.21 Å². The Morgan fingerprint density at radius 3 is 2.54 bits per heavy atom. The lowest BCUT2D eigenvalue weighted by molar-refractivity contribution is 0.224.